The maximum atomic E-state index is 11.3. The minimum Gasteiger partial charge on any atom is -0.480 e. The van der Waals surface area contributed by atoms with Gasteiger partial charge in [-0.3, -0.25) is 9.69 Å². The summed E-state index contributed by atoms with van der Waals surface area (Å²) < 4.78 is 0. The molecule has 3 nitrogen and oxygen atoms in total. The van der Waals surface area contributed by atoms with Crippen molar-refractivity contribution in [3.8, 4) is 0 Å². The van der Waals surface area contributed by atoms with E-state index < -0.39 is 11.5 Å². The topological polar surface area (TPSA) is 40.5 Å². The van der Waals surface area contributed by atoms with Crippen molar-refractivity contribution in [3.63, 3.8) is 0 Å². The molecule has 1 aliphatic carbocycles. The monoisotopic (exact) mass is 217 g/mol. The van der Waals surface area contributed by atoms with E-state index in [0.29, 0.717) is 0 Å². The summed E-state index contributed by atoms with van der Waals surface area (Å²) in [5.41, 5.74) is 2.13. The van der Waals surface area contributed by atoms with Gasteiger partial charge in [-0.1, -0.05) is 24.3 Å². The molecule has 1 aromatic rings. The number of carbonyl (C=O) groups is 1. The van der Waals surface area contributed by atoms with Crippen LogP contribution in [-0.4, -0.2) is 28.1 Å². The molecule has 0 saturated heterocycles. The zero-order valence-corrected chi connectivity index (χ0v) is 9.15. The quantitative estimate of drug-likeness (QED) is 0.819. The van der Waals surface area contributed by atoms with E-state index in [0.717, 1.165) is 32.4 Å². The molecular formula is C13H15NO2. The van der Waals surface area contributed by atoms with Crippen molar-refractivity contribution in [2.24, 2.45) is 0 Å². The fourth-order valence-corrected chi connectivity index (χ4v) is 2.64. The van der Waals surface area contributed by atoms with Crippen LogP contribution >= 0.6 is 0 Å². The van der Waals surface area contributed by atoms with E-state index in [1.807, 2.05) is 6.07 Å². The van der Waals surface area contributed by atoms with Gasteiger partial charge >= 0.3 is 5.97 Å². The van der Waals surface area contributed by atoms with Gasteiger partial charge in [0.15, 0.2) is 0 Å². The summed E-state index contributed by atoms with van der Waals surface area (Å²) >= 11 is 0. The van der Waals surface area contributed by atoms with E-state index in [9.17, 15) is 9.90 Å². The third-order valence-corrected chi connectivity index (χ3v) is 3.86. The zero-order valence-electron chi connectivity index (χ0n) is 9.15. The number of benzene rings is 1. The third-order valence-electron chi connectivity index (χ3n) is 3.86. The summed E-state index contributed by atoms with van der Waals surface area (Å²) in [5, 5.41) is 9.26. The fourth-order valence-electron chi connectivity index (χ4n) is 2.64. The van der Waals surface area contributed by atoms with Crippen LogP contribution < -0.4 is 0 Å². The molecule has 1 aromatic carbocycles. The summed E-state index contributed by atoms with van der Waals surface area (Å²) in [4.78, 5) is 13.4. The van der Waals surface area contributed by atoms with Gasteiger partial charge in [-0.05, 0) is 30.4 Å². The van der Waals surface area contributed by atoms with Gasteiger partial charge in [-0.2, -0.15) is 0 Å². The van der Waals surface area contributed by atoms with Crippen LogP contribution in [0.1, 0.15) is 24.0 Å². The highest BCUT2D eigenvalue weighted by Crippen LogP contribution is 2.44. The second kappa shape index (κ2) is 3.32. The number of nitrogens with zero attached hydrogens (tertiary/aromatic N) is 1. The molecule has 0 unspecified atom stereocenters. The van der Waals surface area contributed by atoms with E-state index in [2.05, 4.69) is 23.1 Å². The smallest absolute Gasteiger partial charge is 0.324 e. The maximum absolute atomic E-state index is 11.3. The first kappa shape index (κ1) is 9.85. The van der Waals surface area contributed by atoms with Gasteiger partial charge in [0, 0.05) is 13.1 Å². The third kappa shape index (κ3) is 1.35. The van der Waals surface area contributed by atoms with Crippen molar-refractivity contribution in [3.05, 3.63) is 35.4 Å². The van der Waals surface area contributed by atoms with Gasteiger partial charge in [-0.15, -0.1) is 0 Å². The first-order chi connectivity index (χ1) is 7.72. The normalized spacial score (nSPS) is 22.5. The lowest BCUT2D eigenvalue weighted by atomic mass is 9.98. The number of aliphatic carboxylic acids is 1. The molecule has 3 rings (SSSR count). The second-order valence-electron chi connectivity index (χ2n) is 4.78. The molecule has 0 aromatic heterocycles. The molecule has 16 heavy (non-hydrogen) atoms. The van der Waals surface area contributed by atoms with Crippen LogP contribution in [0.25, 0.3) is 0 Å². The van der Waals surface area contributed by atoms with Gasteiger partial charge < -0.3 is 5.11 Å². The van der Waals surface area contributed by atoms with E-state index in [4.69, 9.17) is 0 Å². The summed E-state index contributed by atoms with van der Waals surface area (Å²) in [7, 11) is 0. The van der Waals surface area contributed by atoms with Crippen molar-refractivity contribution in [2.75, 3.05) is 6.54 Å². The van der Waals surface area contributed by atoms with Gasteiger partial charge in [0.2, 0.25) is 0 Å². The van der Waals surface area contributed by atoms with Crippen LogP contribution in [0.15, 0.2) is 24.3 Å². The van der Waals surface area contributed by atoms with Crippen molar-refractivity contribution < 1.29 is 9.90 Å². The van der Waals surface area contributed by atoms with E-state index in [1.165, 1.54) is 11.1 Å². The molecule has 1 heterocycles. The number of fused-ring (bicyclic) bond motifs is 1. The molecule has 3 heteroatoms. The Hall–Kier alpha value is -1.35. The second-order valence-corrected chi connectivity index (χ2v) is 4.78. The van der Waals surface area contributed by atoms with Crippen LogP contribution in [0.2, 0.25) is 0 Å². The van der Waals surface area contributed by atoms with Gasteiger partial charge in [0.05, 0.1) is 0 Å². The molecule has 84 valence electrons. The largest absolute Gasteiger partial charge is 0.480 e. The molecule has 0 amide bonds. The average Bonchev–Trinajstić information content (AvgIpc) is 3.09. The molecule has 1 aliphatic heterocycles. The highest BCUT2D eigenvalue weighted by atomic mass is 16.4. The standard InChI is InChI=1S/C13H15NO2/c15-12(16)13(6-7-13)14-8-5-10-3-1-2-4-11(10)9-14/h1-4H,5-9H2,(H,15,16). The van der Waals surface area contributed by atoms with E-state index in [1.54, 1.807) is 0 Å². The van der Waals surface area contributed by atoms with E-state index >= 15 is 0 Å². The van der Waals surface area contributed by atoms with Gasteiger partial charge in [-0.25, -0.2) is 0 Å². The van der Waals surface area contributed by atoms with Crippen LogP contribution in [0.3, 0.4) is 0 Å². The Morgan fingerprint density at radius 3 is 2.56 bits per heavy atom. The highest BCUT2D eigenvalue weighted by molar-refractivity contribution is 5.82. The van der Waals surface area contributed by atoms with Crippen molar-refractivity contribution in [2.45, 2.75) is 31.3 Å². The Kier molecular flexibility index (Phi) is 2.04. The van der Waals surface area contributed by atoms with Crippen molar-refractivity contribution in [1.29, 1.82) is 0 Å². The number of hydrogen-bond acceptors (Lipinski definition) is 2. The Labute approximate surface area is 94.7 Å². The minimum atomic E-state index is -0.646. The van der Waals surface area contributed by atoms with Gasteiger partial charge in [0.1, 0.15) is 5.54 Å². The molecule has 0 spiro atoms. The molecule has 1 N–H and O–H groups in total. The minimum absolute atomic E-state index is 0.534. The summed E-state index contributed by atoms with van der Waals surface area (Å²) in [6.45, 7) is 1.67. The average molecular weight is 217 g/mol. The molecule has 0 atom stereocenters. The predicted octanol–water partition coefficient (Wildman–Crippen LogP) is 1.66. The lowest BCUT2D eigenvalue weighted by molar-refractivity contribution is -0.145. The number of carboxylic acids is 1. The maximum Gasteiger partial charge on any atom is 0.324 e. The van der Waals surface area contributed by atoms with Gasteiger partial charge in [0.25, 0.3) is 0 Å². The van der Waals surface area contributed by atoms with Crippen molar-refractivity contribution in [1.82, 2.24) is 4.90 Å². The summed E-state index contributed by atoms with van der Waals surface area (Å²) in [5.74, 6) is -0.646. The molecular weight excluding hydrogens is 202 g/mol. The summed E-state index contributed by atoms with van der Waals surface area (Å²) in [6.07, 6.45) is 2.60. The summed E-state index contributed by atoms with van der Waals surface area (Å²) in [6, 6.07) is 8.34. The number of rotatable bonds is 2. The van der Waals surface area contributed by atoms with Crippen LogP contribution in [0.4, 0.5) is 0 Å². The lowest BCUT2D eigenvalue weighted by Gasteiger charge is -2.33. The van der Waals surface area contributed by atoms with E-state index in [-0.39, 0.29) is 0 Å². The van der Waals surface area contributed by atoms with Crippen LogP contribution in [0.5, 0.6) is 0 Å². The molecule has 1 saturated carbocycles. The SMILES string of the molecule is O=C(O)C1(N2CCc3ccccc3C2)CC1. The Balaban J connectivity index is 1.86. The molecule has 0 radical (unpaired) electrons. The van der Waals surface area contributed by atoms with Crippen LogP contribution in [-0.2, 0) is 17.8 Å². The Bertz CT molecular complexity index is 437. The lowest BCUT2D eigenvalue weighted by Crippen LogP contribution is -2.46. The molecule has 1 fully saturated rings. The van der Waals surface area contributed by atoms with Crippen molar-refractivity contribution >= 4 is 5.97 Å². The molecule has 0 bridgehead atoms. The number of carboxylic acid groups (broad SMARTS) is 1. The van der Waals surface area contributed by atoms with Crippen LogP contribution in [0, 0.1) is 0 Å². The Morgan fingerprint density at radius 2 is 1.94 bits per heavy atom. The zero-order chi connectivity index (χ0) is 11.2. The first-order valence-electron chi connectivity index (χ1n) is 5.78. The fraction of sp³-hybridized carbons (Fsp3) is 0.462. The predicted molar refractivity (Wildman–Crippen MR) is 60.2 cm³/mol. The first-order valence-corrected chi connectivity index (χ1v) is 5.78. The number of hydrogen-bond donors (Lipinski definition) is 1. The highest BCUT2D eigenvalue weighted by Gasteiger charge is 2.55. The Morgan fingerprint density at radius 1 is 1.25 bits per heavy atom. The molecule has 2 aliphatic rings.